The molecule has 0 radical (unpaired) electrons. The van der Waals surface area contributed by atoms with Gasteiger partial charge in [0.05, 0.1) is 11.1 Å². The van der Waals surface area contributed by atoms with E-state index in [9.17, 15) is 9.90 Å². The molecule has 2 N–H and O–H groups in total. The Hall–Kier alpha value is -2.66. The highest BCUT2D eigenvalue weighted by Crippen LogP contribution is 2.42. The minimum absolute atomic E-state index is 0.0891. The summed E-state index contributed by atoms with van der Waals surface area (Å²) in [4.78, 5) is 17.4. The summed E-state index contributed by atoms with van der Waals surface area (Å²) in [5, 5.41) is 15.1. The van der Waals surface area contributed by atoms with Crippen LogP contribution in [-0.4, -0.2) is 16.0 Å². The van der Waals surface area contributed by atoms with Gasteiger partial charge in [-0.15, -0.1) is 11.3 Å². The van der Waals surface area contributed by atoms with Gasteiger partial charge in [0.2, 0.25) is 5.91 Å². The Morgan fingerprint density at radius 2 is 1.69 bits per heavy atom. The van der Waals surface area contributed by atoms with Crippen LogP contribution in [0, 0.1) is 12.3 Å². The Morgan fingerprint density at radius 1 is 1.08 bits per heavy atom. The quantitative estimate of drug-likeness (QED) is 0.671. The number of nitrogens with zero attached hydrogens (tertiary/aromatic N) is 1. The number of thiazole rings is 1. The van der Waals surface area contributed by atoms with Gasteiger partial charge >= 0.3 is 0 Å². The van der Waals surface area contributed by atoms with Crippen molar-refractivity contribution < 1.29 is 9.90 Å². The molecular weight excluding hydrogens is 344 g/mol. The van der Waals surface area contributed by atoms with Crippen LogP contribution in [0.4, 0.5) is 5.13 Å². The maximum atomic E-state index is 13.1. The number of carbonyl (C=O) groups excluding carboxylic acids is 1. The van der Waals surface area contributed by atoms with E-state index in [1.54, 1.807) is 12.1 Å². The van der Waals surface area contributed by atoms with Crippen molar-refractivity contribution in [1.82, 2.24) is 4.98 Å². The summed E-state index contributed by atoms with van der Waals surface area (Å²) in [6.45, 7) is 5.78. The molecule has 3 aromatic rings. The number of carbonyl (C=O) groups is 1. The summed E-state index contributed by atoms with van der Waals surface area (Å²) in [5.41, 5.74) is 2.19. The molecule has 0 saturated heterocycles. The van der Waals surface area contributed by atoms with Gasteiger partial charge in [-0.2, -0.15) is 0 Å². The molecular formula is C21H22N2O2S. The number of rotatable bonds is 5. The van der Waals surface area contributed by atoms with Crippen molar-refractivity contribution >= 4 is 22.4 Å². The lowest BCUT2D eigenvalue weighted by atomic mass is 9.70. The zero-order valence-electron chi connectivity index (χ0n) is 15.1. The third-order valence-corrected chi connectivity index (χ3v) is 5.38. The van der Waals surface area contributed by atoms with Gasteiger partial charge in [-0.3, -0.25) is 4.79 Å². The number of hydrogen-bond acceptors (Lipinski definition) is 4. The molecule has 1 aromatic heterocycles. The van der Waals surface area contributed by atoms with E-state index in [0.29, 0.717) is 5.13 Å². The fraction of sp³-hybridized carbons (Fsp3) is 0.238. The predicted molar refractivity (Wildman–Crippen MR) is 106 cm³/mol. The lowest BCUT2D eigenvalue weighted by Gasteiger charge is -2.33. The Labute approximate surface area is 157 Å². The van der Waals surface area contributed by atoms with Crippen LogP contribution in [0.5, 0.6) is 5.75 Å². The highest BCUT2D eigenvalue weighted by molar-refractivity contribution is 7.13. The summed E-state index contributed by atoms with van der Waals surface area (Å²) in [5.74, 6) is -0.0415. The van der Waals surface area contributed by atoms with E-state index in [1.165, 1.54) is 11.3 Å². The Bertz CT molecular complexity index is 886. The van der Waals surface area contributed by atoms with Crippen molar-refractivity contribution in [3.8, 4) is 5.75 Å². The lowest BCUT2D eigenvalue weighted by molar-refractivity contribution is -0.124. The molecule has 0 spiro atoms. The molecule has 0 unspecified atom stereocenters. The van der Waals surface area contributed by atoms with Crippen molar-refractivity contribution in [2.45, 2.75) is 26.7 Å². The van der Waals surface area contributed by atoms with Crippen LogP contribution in [0.25, 0.3) is 0 Å². The predicted octanol–water partition coefficient (Wildman–Crippen LogP) is 4.95. The van der Waals surface area contributed by atoms with Gasteiger partial charge in [-0.25, -0.2) is 4.98 Å². The molecule has 1 amide bonds. The number of hydrogen-bond donors (Lipinski definition) is 2. The van der Waals surface area contributed by atoms with Gasteiger partial charge in [0.1, 0.15) is 5.75 Å². The summed E-state index contributed by atoms with van der Waals surface area (Å²) >= 11 is 1.42. The molecule has 0 aliphatic carbocycles. The SMILES string of the molecule is Cc1csc(NC(=O)C(C)(C)[C@@H](c2ccccc2)c2ccc(O)cc2)n1. The molecule has 0 bridgehead atoms. The second-order valence-corrected chi connectivity index (χ2v) is 7.76. The number of phenolic OH excluding ortho intramolecular Hbond substituents is 1. The highest BCUT2D eigenvalue weighted by Gasteiger charge is 2.39. The summed E-state index contributed by atoms with van der Waals surface area (Å²) in [7, 11) is 0. The molecule has 0 saturated carbocycles. The van der Waals surface area contributed by atoms with E-state index in [1.807, 2.05) is 68.6 Å². The molecule has 0 aliphatic rings. The summed E-state index contributed by atoms with van der Waals surface area (Å²) in [6.07, 6.45) is 0. The second-order valence-electron chi connectivity index (χ2n) is 6.91. The van der Waals surface area contributed by atoms with Crippen LogP contribution in [0.15, 0.2) is 60.0 Å². The van der Waals surface area contributed by atoms with Gasteiger partial charge in [0, 0.05) is 11.3 Å². The number of phenols is 1. The second kappa shape index (κ2) is 7.30. The maximum absolute atomic E-state index is 13.1. The fourth-order valence-electron chi connectivity index (χ4n) is 3.14. The van der Waals surface area contributed by atoms with Gasteiger partial charge < -0.3 is 10.4 Å². The van der Waals surface area contributed by atoms with Crippen molar-refractivity contribution in [2.75, 3.05) is 5.32 Å². The average Bonchev–Trinajstić information content (AvgIpc) is 3.02. The average molecular weight is 366 g/mol. The molecule has 3 rings (SSSR count). The number of benzene rings is 2. The fourth-order valence-corrected chi connectivity index (χ4v) is 3.82. The van der Waals surface area contributed by atoms with Gasteiger partial charge in [0.15, 0.2) is 5.13 Å². The van der Waals surface area contributed by atoms with Crippen molar-refractivity contribution in [1.29, 1.82) is 0 Å². The first-order valence-corrected chi connectivity index (χ1v) is 9.33. The first-order valence-electron chi connectivity index (χ1n) is 8.45. The number of aromatic nitrogens is 1. The molecule has 1 atom stereocenters. The number of amides is 1. The maximum Gasteiger partial charge on any atom is 0.232 e. The van der Waals surface area contributed by atoms with Gasteiger partial charge in [-0.1, -0.05) is 56.3 Å². The Balaban J connectivity index is 1.99. The summed E-state index contributed by atoms with van der Waals surface area (Å²) in [6, 6.07) is 17.0. The van der Waals surface area contributed by atoms with Crippen molar-refractivity contribution in [3.63, 3.8) is 0 Å². The molecule has 5 heteroatoms. The third kappa shape index (κ3) is 3.78. The van der Waals surface area contributed by atoms with Crippen LogP contribution in [-0.2, 0) is 4.79 Å². The monoisotopic (exact) mass is 366 g/mol. The van der Waals surface area contributed by atoms with Crippen LogP contribution in [0.1, 0.15) is 36.6 Å². The molecule has 0 aliphatic heterocycles. The zero-order chi connectivity index (χ0) is 18.7. The first kappa shape index (κ1) is 18.1. The number of aromatic hydroxyl groups is 1. The molecule has 4 nitrogen and oxygen atoms in total. The van der Waals surface area contributed by atoms with Crippen LogP contribution in [0.3, 0.4) is 0 Å². The standard InChI is InChI=1S/C21H22N2O2S/c1-14-13-26-20(22-14)23-19(25)21(2,3)18(15-7-5-4-6-8-15)16-9-11-17(24)12-10-16/h4-13,18,24H,1-3H3,(H,22,23,25)/t18-/m0/s1. The minimum atomic E-state index is -0.724. The molecule has 0 fully saturated rings. The molecule has 26 heavy (non-hydrogen) atoms. The third-order valence-electron chi connectivity index (χ3n) is 4.51. The van der Waals surface area contributed by atoms with Crippen molar-refractivity contribution in [2.24, 2.45) is 5.41 Å². The topological polar surface area (TPSA) is 62.2 Å². The van der Waals surface area contributed by atoms with Crippen molar-refractivity contribution in [3.05, 3.63) is 76.8 Å². The molecule has 2 aromatic carbocycles. The van der Waals surface area contributed by atoms with Crippen LogP contribution < -0.4 is 5.32 Å². The lowest BCUT2D eigenvalue weighted by Crippen LogP contribution is -2.37. The largest absolute Gasteiger partial charge is 0.508 e. The Morgan fingerprint density at radius 3 is 2.27 bits per heavy atom. The Kier molecular flexibility index (Phi) is 5.09. The van der Waals surface area contributed by atoms with E-state index in [2.05, 4.69) is 10.3 Å². The van der Waals surface area contributed by atoms with Crippen LogP contribution in [0.2, 0.25) is 0 Å². The number of aryl methyl sites for hydroxylation is 1. The van der Waals surface area contributed by atoms with E-state index in [4.69, 9.17) is 0 Å². The highest BCUT2D eigenvalue weighted by atomic mass is 32.1. The van der Waals surface area contributed by atoms with E-state index >= 15 is 0 Å². The summed E-state index contributed by atoms with van der Waals surface area (Å²) < 4.78 is 0. The molecule has 1 heterocycles. The van der Waals surface area contributed by atoms with Gasteiger partial charge in [0.25, 0.3) is 0 Å². The van der Waals surface area contributed by atoms with E-state index in [0.717, 1.165) is 16.8 Å². The number of nitrogens with one attached hydrogen (secondary N) is 1. The molecule has 134 valence electrons. The zero-order valence-corrected chi connectivity index (χ0v) is 15.9. The first-order chi connectivity index (χ1) is 12.4. The van der Waals surface area contributed by atoms with Crippen LogP contribution >= 0.6 is 11.3 Å². The van der Waals surface area contributed by atoms with E-state index in [-0.39, 0.29) is 17.6 Å². The van der Waals surface area contributed by atoms with E-state index < -0.39 is 5.41 Å². The normalized spacial score (nSPS) is 12.6. The smallest absolute Gasteiger partial charge is 0.232 e. The number of anilines is 1. The van der Waals surface area contributed by atoms with Gasteiger partial charge in [-0.05, 0) is 30.2 Å². The minimum Gasteiger partial charge on any atom is -0.508 e.